The quantitative estimate of drug-likeness (QED) is 0.710. The Hall–Kier alpha value is -3.28. The fraction of sp³-hybridized carbons (Fsp3) is 0.304. The highest BCUT2D eigenvalue weighted by atomic mass is 16.5. The SMILES string of the molecule is Cn1ccnc1-c1cccc2c1CCC2Oc1ccc2c(c1)OCC2CC(=O)O. The minimum Gasteiger partial charge on any atom is -0.492 e. The maximum atomic E-state index is 11.0. The number of benzene rings is 2. The van der Waals surface area contributed by atoms with E-state index in [4.69, 9.17) is 14.6 Å². The summed E-state index contributed by atoms with van der Waals surface area (Å²) >= 11 is 0. The standard InChI is InChI=1S/C23H22N2O4/c1-25-10-9-24-23(25)19-4-2-3-18-17(19)7-8-20(18)29-15-5-6-16-14(11-22(26)27)13-28-21(16)12-15/h2-6,9-10,12,14,20H,7-8,11,13H2,1H3,(H,26,27). The Bertz CT molecular complexity index is 1090. The molecule has 3 aromatic rings. The molecule has 5 rings (SSSR count). The van der Waals surface area contributed by atoms with Gasteiger partial charge in [0.25, 0.3) is 0 Å². The molecule has 6 heteroatoms. The van der Waals surface area contributed by atoms with Crippen LogP contribution in [0.5, 0.6) is 11.5 Å². The monoisotopic (exact) mass is 390 g/mol. The van der Waals surface area contributed by atoms with Crippen molar-refractivity contribution in [3.05, 3.63) is 65.5 Å². The molecular formula is C23H22N2O4. The van der Waals surface area contributed by atoms with Crippen molar-refractivity contribution < 1.29 is 19.4 Å². The van der Waals surface area contributed by atoms with Crippen LogP contribution >= 0.6 is 0 Å². The molecule has 2 atom stereocenters. The molecule has 0 radical (unpaired) electrons. The zero-order valence-electron chi connectivity index (χ0n) is 16.2. The third-order valence-electron chi connectivity index (χ3n) is 5.84. The number of aliphatic carboxylic acids is 1. The minimum absolute atomic E-state index is 0.0144. The highest BCUT2D eigenvalue weighted by molar-refractivity contribution is 5.69. The maximum Gasteiger partial charge on any atom is 0.304 e. The Labute approximate surface area is 168 Å². The molecule has 0 amide bonds. The van der Waals surface area contributed by atoms with Crippen molar-refractivity contribution in [2.45, 2.75) is 31.3 Å². The number of carboxylic acids is 1. The molecule has 0 saturated heterocycles. The third-order valence-corrected chi connectivity index (χ3v) is 5.84. The Kier molecular flexibility index (Phi) is 4.27. The van der Waals surface area contributed by atoms with Crippen molar-refractivity contribution in [3.8, 4) is 22.9 Å². The Morgan fingerprint density at radius 2 is 2.21 bits per heavy atom. The second kappa shape index (κ2) is 6.95. The first kappa shape index (κ1) is 17.8. The van der Waals surface area contributed by atoms with Gasteiger partial charge in [-0.15, -0.1) is 0 Å². The average molecular weight is 390 g/mol. The lowest BCUT2D eigenvalue weighted by atomic mass is 9.98. The smallest absolute Gasteiger partial charge is 0.304 e. The second-order valence-electron chi connectivity index (χ2n) is 7.69. The molecule has 6 nitrogen and oxygen atoms in total. The van der Waals surface area contributed by atoms with Crippen LogP contribution in [0, 0.1) is 0 Å². The van der Waals surface area contributed by atoms with E-state index >= 15 is 0 Å². The summed E-state index contributed by atoms with van der Waals surface area (Å²) in [5.41, 5.74) is 4.61. The first-order valence-electron chi connectivity index (χ1n) is 9.85. The minimum atomic E-state index is -0.808. The first-order valence-corrected chi connectivity index (χ1v) is 9.85. The van der Waals surface area contributed by atoms with Gasteiger partial charge in [-0.05, 0) is 30.0 Å². The molecule has 1 aliphatic heterocycles. The van der Waals surface area contributed by atoms with Crippen molar-refractivity contribution in [1.82, 2.24) is 9.55 Å². The molecule has 1 aromatic heterocycles. The summed E-state index contributed by atoms with van der Waals surface area (Å²) in [6.45, 7) is 0.407. The maximum absolute atomic E-state index is 11.0. The van der Waals surface area contributed by atoms with Gasteiger partial charge in [0.05, 0.1) is 13.0 Å². The lowest BCUT2D eigenvalue weighted by Gasteiger charge is -2.16. The number of aromatic nitrogens is 2. The highest BCUT2D eigenvalue weighted by Gasteiger charge is 2.29. The van der Waals surface area contributed by atoms with Gasteiger partial charge in [-0.25, -0.2) is 4.98 Å². The third kappa shape index (κ3) is 3.14. The van der Waals surface area contributed by atoms with Gasteiger partial charge in [-0.2, -0.15) is 0 Å². The van der Waals surface area contributed by atoms with Gasteiger partial charge < -0.3 is 19.1 Å². The molecule has 2 heterocycles. The van der Waals surface area contributed by atoms with Gasteiger partial charge in [-0.1, -0.05) is 24.3 Å². The number of carbonyl (C=O) groups is 1. The van der Waals surface area contributed by atoms with Gasteiger partial charge in [-0.3, -0.25) is 4.79 Å². The van der Waals surface area contributed by atoms with E-state index in [0.29, 0.717) is 6.61 Å². The van der Waals surface area contributed by atoms with E-state index in [1.165, 1.54) is 11.1 Å². The number of aryl methyl sites for hydroxylation is 1. The molecule has 0 saturated carbocycles. The van der Waals surface area contributed by atoms with Crippen LogP contribution in [0.25, 0.3) is 11.4 Å². The van der Waals surface area contributed by atoms with Crippen LogP contribution in [0.15, 0.2) is 48.8 Å². The lowest BCUT2D eigenvalue weighted by molar-refractivity contribution is -0.137. The molecule has 148 valence electrons. The lowest BCUT2D eigenvalue weighted by Crippen LogP contribution is -2.07. The molecule has 0 spiro atoms. The summed E-state index contributed by atoms with van der Waals surface area (Å²) in [5.74, 6) is 1.55. The summed E-state index contributed by atoms with van der Waals surface area (Å²) in [7, 11) is 2.01. The molecule has 29 heavy (non-hydrogen) atoms. The van der Waals surface area contributed by atoms with E-state index in [-0.39, 0.29) is 18.4 Å². The molecule has 2 aromatic carbocycles. The van der Waals surface area contributed by atoms with E-state index in [2.05, 4.69) is 23.2 Å². The second-order valence-corrected chi connectivity index (χ2v) is 7.69. The number of hydrogen-bond donors (Lipinski definition) is 1. The Morgan fingerprint density at radius 1 is 1.31 bits per heavy atom. The Morgan fingerprint density at radius 3 is 3.00 bits per heavy atom. The van der Waals surface area contributed by atoms with E-state index in [1.54, 1.807) is 0 Å². The van der Waals surface area contributed by atoms with Gasteiger partial charge in [0.2, 0.25) is 0 Å². The zero-order valence-corrected chi connectivity index (χ0v) is 16.2. The number of hydrogen-bond acceptors (Lipinski definition) is 4. The van der Waals surface area contributed by atoms with Gasteiger partial charge in [0.15, 0.2) is 0 Å². The van der Waals surface area contributed by atoms with Gasteiger partial charge in [0, 0.05) is 42.6 Å². The van der Waals surface area contributed by atoms with Crippen LogP contribution in [0.3, 0.4) is 0 Å². The molecular weight excluding hydrogens is 368 g/mol. The molecule has 0 fully saturated rings. The van der Waals surface area contributed by atoms with Crippen LogP contribution in [0.2, 0.25) is 0 Å². The van der Waals surface area contributed by atoms with E-state index in [1.807, 2.05) is 42.2 Å². The number of nitrogens with zero attached hydrogens (tertiary/aromatic N) is 2. The van der Waals surface area contributed by atoms with Crippen molar-refractivity contribution in [3.63, 3.8) is 0 Å². The average Bonchev–Trinajstić information content (AvgIpc) is 3.41. The summed E-state index contributed by atoms with van der Waals surface area (Å²) in [6, 6.07) is 12.1. The van der Waals surface area contributed by atoms with Crippen LogP contribution in [-0.2, 0) is 18.3 Å². The fourth-order valence-corrected chi connectivity index (χ4v) is 4.45. The molecule has 2 aliphatic rings. The summed E-state index contributed by atoms with van der Waals surface area (Å²) < 4.78 is 14.1. The fourth-order valence-electron chi connectivity index (χ4n) is 4.45. The van der Waals surface area contributed by atoms with Crippen molar-refractivity contribution in [1.29, 1.82) is 0 Å². The summed E-state index contributed by atoms with van der Waals surface area (Å²) in [4.78, 5) is 15.5. The number of ether oxygens (including phenoxy) is 2. The van der Waals surface area contributed by atoms with Crippen LogP contribution in [0.1, 0.15) is 41.6 Å². The topological polar surface area (TPSA) is 73.6 Å². The molecule has 1 N–H and O–H groups in total. The van der Waals surface area contributed by atoms with Crippen molar-refractivity contribution in [2.75, 3.05) is 6.61 Å². The largest absolute Gasteiger partial charge is 0.492 e. The first-order chi connectivity index (χ1) is 14.1. The number of rotatable bonds is 5. The van der Waals surface area contributed by atoms with Crippen LogP contribution in [0.4, 0.5) is 0 Å². The number of imidazole rings is 1. The summed E-state index contributed by atoms with van der Waals surface area (Å²) in [5, 5.41) is 9.06. The Balaban J connectivity index is 1.39. The predicted octanol–water partition coefficient (Wildman–Crippen LogP) is 4.10. The molecule has 1 aliphatic carbocycles. The van der Waals surface area contributed by atoms with E-state index in [9.17, 15) is 4.79 Å². The highest BCUT2D eigenvalue weighted by Crippen LogP contribution is 2.42. The van der Waals surface area contributed by atoms with Crippen LogP contribution in [-0.4, -0.2) is 27.2 Å². The normalized spacial score (nSPS) is 19.5. The van der Waals surface area contributed by atoms with Gasteiger partial charge >= 0.3 is 5.97 Å². The van der Waals surface area contributed by atoms with Gasteiger partial charge in [0.1, 0.15) is 23.4 Å². The molecule has 2 unspecified atom stereocenters. The van der Waals surface area contributed by atoms with E-state index in [0.717, 1.165) is 41.3 Å². The number of carboxylic acid groups (broad SMARTS) is 1. The zero-order chi connectivity index (χ0) is 20.0. The van der Waals surface area contributed by atoms with Crippen molar-refractivity contribution in [2.24, 2.45) is 7.05 Å². The predicted molar refractivity (Wildman–Crippen MR) is 107 cm³/mol. The molecule has 0 bridgehead atoms. The van der Waals surface area contributed by atoms with E-state index < -0.39 is 5.97 Å². The van der Waals surface area contributed by atoms with Crippen molar-refractivity contribution >= 4 is 5.97 Å². The van der Waals surface area contributed by atoms with Crippen LogP contribution < -0.4 is 9.47 Å². The summed E-state index contributed by atoms with van der Waals surface area (Å²) in [6.07, 6.45) is 5.71. The number of fused-ring (bicyclic) bond motifs is 2.